The summed E-state index contributed by atoms with van der Waals surface area (Å²) in [6.45, 7) is 0. The van der Waals surface area contributed by atoms with Crippen molar-refractivity contribution < 1.29 is 0 Å². The average molecular weight is 365 g/mol. The molecule has 4 heteroatoms. The largest absolute Gasteiger partial charge is 0.310 e. The number of likely N-dealkylation sites (N-methyl/N-ethyl adjacent to an activating group) is 1. The van der Waals surface area contributed by atoms with Crippen LogP contribution in [0.5, 0.6) is 0 Å². The maximum absolute atomic E-state index is 3.65. The number of rotatable bonds is 3. The average Bonchev–Trinajstić information content (AvgIpc) is 2.61. The molecule has 16 heavy (non-hydrogen) atoms. The van der Waals surface area contributed by atoms with E-state index in [0.29, 0.717) is 6.04 Å². The van der Waals surface area contributed by atoms with Crippen molar-refractivity contribution >= 4 is 43.2 Å². The first-order valence-electron chi connectivity index (χ1n) is 5.53. The smallest absolute Gasteiger partial charge is 0.0761 e. The SMILES string of the molecule is CNC(C1=CCCCC1)c1cc(Br)sc1Br. The lowest BCUT2D eigenvalue weighted by atomic mass is 9.91. The Morgan fingerprint density at radius 1 is 1.38 bits per heavy atom. The lowest BCUT2D eigenvalue weighted by Gasteiger charge is -2.22. The molecule has 1 aromatic heterocycles. The van der Waals surface area contributed by atoms with Crippen LogP contribution in [0.4, 0.5) is 0 Å². The van der Waals surface area contributed by atoms with Gasteiger partial charge in [-0.3, -0.25) is 0 Å². The Balaban J connectivity index is 2.28. The van der Waals surface area contributed by atoms with Gasteiger partial charge in [0, 0.05) is 0 Å². The molecule has 1 N–H and O–H groups in total. The summed E-state index contributed by atoms with van der Waals surface area (Å²) in [7, 11) is 2.04. The predicted molar refractivity (Wildman–Crippen MR) is 78.1 cm³/mol. The first-order valence-corrected chi connectivity index (χ1v) is 7.93. The van der Waals surface area contributed by atoms with Gasteiger partial charge in [-0.2, -0.15) is 0 Å². The highest BCUT2D eigenvalue weighted by atomic mass is 79.9. The minimum Gasteiger partial charge on any atom is -0.310 e. The standard InChI is InChI=1S/C12H15Br2NS/c1-15-11(8-5-3-2-4-6-8)9-7-10(13)16-12(9)14/h5,7,11,15H,2-4,6H2,1H3. The molecule has 0 bridgehead atoms. The molecule has 1 aliphatic carbocycles. The normalized spacial score (nSPS) is 18.3. The van der Waals surface area contributed by atoms with Crippen LogP contribution in [-0.2, 0) is 0 Å². The van der Waals surface area contributed by atoms with Crippen molar-refractivity contribution in [2.45, 2.75) is 31.7 Å². The minimum absolute atomic E-state index is 0.372. The fourth-order valence-electron chi connectivity index (χ4n) is 2.22. The number of thiophene rings is 1. The van der Waals surface area contributed by atoms with Crippen LogP contribution >= 0.6 is 43.2 Å². The lowest BCUT2D eigenvalue weighted by molar-refractivity contribution is 0.593. The van der Waals surface area contributed by atoms with Crippen LogP contribution in [0.25, 0.3) is 0 Å². The van der Waals surface area contributed by atoms with Crippen molar-refractivity contribution in [2.75, 3.05) is 7.05 Å². The van der Waals surface area contributed by atoms with Crippen molar-refractivity contribution in [1.29, 1.82) is 0 Å². The van der Waals surface area contributed by atoms with Crippen LogP contribution in [0.15, 0.2) is 25.3 Å². The van der Waals surface area contributed by atoms with Crippen LogP contribution in [0.3, 0.4) is 0 Å². The molecule has 1 atom stereocenters. The quantitative estimate of drug-likeness (QED) is 0.741. The number of halogens is 2. The third-order valence-corrected chi connectivity index (χ3v) is 5.37. The second-order valence-corrected chi connectivity index (χ2v) is 7.78. The van der Waals surface area contributed by atoms with Crippen molar-refractivity contribution in [1.82, 2.24) is 5.32 Å². The molecule has 1 unspecified atom stereocenters. The van der Waals surface area contributed by atoms with Crippen LogP contribution in [0.1, 0.15) is 37.3 Å². The van der Waals surface area contributed by atoms with Crippen LogP contribution in [-0.4, -0.2) is 7.05 Å². The van der Waals surface area contributed by atoms with Gasteiger partial charge >= 0.3 is 0 Å². The summed E-state index contributed by atoms with van der Waals surface area (Å²) < 4.78 is 2.41. The summed E-state index contributed by atoms with van der Waals surface area (Å²) in [5.74, 6) is 0. The second kappa shape index (κ2) is 5.80. The molecule has 0 amide bonds. The van der Waals surface area contributed by atoms with Gasteiger partial charge in [-0.05, 0) is 76.2 Å². The summed E-state index contributed by atoms with van der Waals surface area (Å²) in [5.41, 5.74) is 2.90. The lowest BCUT2D eigenvalue weighted by Crippen LogP contribution is -2.19. The predicted octanol–water partition coefficient (Wildman–Crippen LogP) is 5.03. The fraction of sp³-hybridized carbons (Fsp3) is 0.500. The molecule has 1 aromatic rings. The highest BCUT2D eigenvalue weighted by Crippen LogP contribution is 2.39. The first kappa shape index (κ1) is 12.8. The molecular formula is C12H15Br2NS. The summed E-state index contributed by atoms with van der Waals surface area (Å²) in [6, 6.07) is 2.59. The summed E-state index contributed by atoms with van der Waals surface area (Å²) in [5, 5.41) is 3.43. The molecule has 0 saturated carbocycles. The topological polar surface area (TPSA) is 12.0 Å². The molecular weight excluding hydrogens is 350 g/mol. The van der Waals surface area contributed by atoms with Gasteiger partial charge < -0.3 is 5.32 Å². The van der Waals surface area contributed by atoms with Gasteiger partial charge in [0.1, 0.15) is 0 Å². The zero-order valence-electron chi connectivity index (χ0n) is 9.22. The molecule has 0 aliphatic heterocycles. The van der Waals surface area contributed by atoms with E-state index in [1.54, 1.807) is 16.9 Å². The molecule has 1 aliphatic rings. The van der Waals surface area contributed by atoms with E-state index >= 15 is 0 Å². The van der Waals surface area contributed by atoms with E-state index in [4.69, 9.17) is 0 Å². The Kier molecular flexibility index (Phi) is 4.65. The Bertz CT molecular complexity index is 398. The van der Waals surface area contributed by atoms with E-state index < -0.39 is 0 Å². The highest BCUT2D eigenvalue weighted by molar-refractivity contribution is 9.12. The van der Waals surface area contributed by atoms with Crippen molar-refractivity contribution in [3.05, 3.63) is 30.9 Å². The summed E-state index contributed by atoms with van der Waals surface area (Å²) >= 11 is 8.94. The van der Waals surface area contributed by atoms with E-state index in [9.17, 15) is 0 Å². The number of hydrogen-bond donors (Lipinski definition) is 1. The molecule has 2 rings (SSSR count). The number of hydrogen-bond acceptors (Lipinski definition) is 2. The fourth-order valence-corrected chi connectivity index (χ4v) is 5.12. The van der Waals surface area contributed by atoms with E-state index in [2.05, 4.69) is 49.3 Å². The maximum atomic E-state index is 3.65. The summed E-state index contributed by atoms with van der Waals surface area (Å²) in [6.07, 6.45) is 7.53. The molecule has 0 radical (unpaired) electrons. The van der Waals surface area contributed by atoms with Crippen LogP contribution in [0, 0.1) is 0 Å². The Morgan fingerprint density at radius 2 is 2.19 bits per heavy atom. The zero-order chi connectivity index (χ0) is 11.5. The third-order valence-electron chi connectivity index (χ3n) is 2.98. The second-order valence-electron chi connectivity index (χ2n) is 4.03. The third kappa shape index (κ3) is 2.78. The van der Waals surface area contributed by atoms with E-state index in [-0.39, 0.29) is 0 Å². The van der Waals surface area contributed by atoms with Crippen molar-refractivity contribution in [3.63, 3.8) is 0 Å². The molecule has 88 valence electrons. The van der Waals surface area contributed by atoms with Crippen LogP contribution in [0.2, 0.25) is 0 Å². The molecule has 0 fully saturated rings. The van der Waals surface area contributed by atoms with Gasteiger partial charge in [0.25, 0.3) is 0 Å². The Hall–Kier alpha value is 0.360. The maximum Gasteiger partial charge on any atom is 0.0761 e. The van der Waals surface area contributed by atoms with Gasteiger partial charge in [-0.1, -0.05) is 11.6 Å². The Labute approximate surface area is 118 Å². The van der Waals surface area contributed by atoms with Gasteiger partial charge in [0.15, 0.2) is 0 Å². The summed E-state index contributed by atoms with van der Waals surface area (Å²) in [4.78, 5) is 0. The molecule has 0 saturated heterocycles. The van der Waals surface area contributed by atoms with Gasteiger partial charge in [0.05, 0.1) is 13.6 Å². The van der Waals surface area contributed by atoms with E-state index in [1.165, 1.54) is 38.8 Å². The van der Waals surface area contributed by atoms with Crippen molar-refractivity contribution in [2.24, 2.45) is 0 Å². The van der Waals surface area contributed by atoms with Gasteiger partial charge in [-0.25, -0.2) is 0 Å². The van der Waals surface area contributed by atoms with E-state index in [0.717, 1.165) is 0 Å². The molecule has 1 heterocycles. The minimum atomic E-state index is 0.372. The Morgan fingerprint density at radius 3 is 2.69 bits per heavy atom. The van der Waals surface area contributed by atoms with Gasteiger partial charge in [0.2, 0.25) is 0 Å². The highest BCUT2D eigenvalue weighted by Gasteiger charge is 2.20. The monoisotopic (exact) mass is 363 g/mol. The molecule has 0 aromatic carbocycles. The first-order chi connectivity index (χ1) is 7.72. The van der Waals surface area contributed by atoms with Crippen molar-refractivity contribution in [3.8, 4) is 0 Å². The van der Waals surface area contributed by atoms with Gasteiger partial charge in [-0.15, -0.1) is 11.3 Å². The van der Waals surface area contributed by atoms with E-state index in [1.807, 2.05) is 7.05 Å². The molecule has 0 spiro atoms. The number of nitrogens with one attached hydrogen (secondary N) is 1. The molecule has 1 nitrogen and oxygen atoms in total. The number of allylic oxidation sites excluding steroid dienone is 1. The van der Waals surface area contributed by atoms with Crippen LogP contribution < -0.4 is 5.32 Å². The zero-order valence-corrected chi connectivity index (χ0v) is 13.2.